The largest absolute Gasteiger partial charge is 0.397 e. The molecule has 0 aliphatic carbocycles. The number of nitrogens with one attached hydrogen (secondary N) is 1. The van der Waals surface area contributed by atoms with Gasteiger partial charge < -0.3 is 11.1 Å². The number of hydrogen-bond donors (Lipinski definition) is 2. The first kappa shape index (κ1) is 11.0. The zero-order valence-electron chi connectivity index (χ0n) is 8.91. The molecule has 1 unspecified atom stereocenters. The molecule has 0 saturated heterocycles. The minimum atomic E-state index is -0.314. The summed E-state index contributed by atoms with van der Waals surface area (Å²) in [4.78, 5) is 0. The van der Waals surface area contributed by atoms with Crippen molar-refractivity contribution in [1.29, 1.82) is 0 Å². The van der Waals surface area contributed by atoms with Crippen molar-refractivity contribution in [3.63, 3.8) is 0 Å². The van der Waals surface area contributed by atoms with E-state index in [1.165, 1.54) is 17.7 Å². The molecule has 84 valence electrons. The fraction of sp³-hybridized carbons (Fsp3) is 0.167. The van der Waals surface area contributed by atoms with Crippen molar-refractivity contribution in [2.75, 3.05) is 11.1 Å². The highest BCUT2D eigenvalue weighted by Crippen LogP contribution is 2.25. The molecule has 1 atom stereocenters. The van der Waals surface area contributed by atoms with Crippen LogP contribution in [0.4, 0.5) is 15.8 Å². The van der Waals surface area contributed by atoms with Crippen molar-refractivity contribution in [2.45, 2.75) is 13.0 Å². The van der Waals surface area contributed by atoms with Gasteiger partial charge in [0.2, 0.25) is 0 Å². The number of benzene rings is 1. The lowest BCUT2D eigenvalue weighted by atomic mass is 10.1. The highest BCUT2D eigenvalue weighted by atomic mass is 32.1. The van der Waals surface area contributed by atoms with E-state index in [0.717, 1.165) is 5.69 Å². The lowest BCUT2D eigenvalue weighted by molar-refractivity contribution is 0.628. The standard InChI is InChI=1S/C12H13FN2S/c1-8(9-4-5-16-7-9)15-12-3-2-10(13)6-11(12)14/h2-8,15H,14H2,1H3. The van der Waals surface area contributed by atoms with Crippen LogP contribution in [0.5, 0.6) is 0 Å². The summed E-state index contributed by atoms with van der Waals surface area (Å²) in [5.74, 6) is -0.314. The Morgan fingerprint density at radius 3 is 2.81 bits per heavy atom. The van der Waals surface area contributed by atoms with Crippen LogP contribution in [0.25, 0.3) is 0 Å². The summed E-state index contributed by atoms with van der Waals surface area (Å²) in [6.45, 7) is 2.05. The lowest BCUT2D eigenvalue weighted by Crippen LogP contribution is -2.07. The van der Waals surface area contributed by atoms with Crippen molar-refractivity contribution in [1.82, 2.24) is 0 Å². The predicted molar refractivity (Wildman–Crippen MR) is 67.2 cm³/mol. The minimum absolute atomic E-state index is 0.166. The molecule has 1 heterocycles. The van der Waals surface area contributed by atoms with Gasteiger partial charge >= 0.3 is 0 Å². The third-order valence-electron chi connectivity index (χ3n) is 2.43. The molecule has 0 amide bonds. The zero-order valence-corrected chi connectivity index (χ0v) is 9.72. The number of hydrogen-bond acceptors (Lipinski definition) is 3. The van der Waals surface area contributed by atoms with Crippen LogP contribution in [0.2, 0.25) is 0 Å². The van der Waals surface area contributed by atoms with Gasteiger partial charge in [0.1, 0.15) is 5.82 Å². The van der Waals surface area contributed by atoms with Crippen LogP contribution in [0.1, 0.15) is 18.5 Å². The van der Waals surface area contributed by atoms with Crippen LogP contribution in [0.15, 0.2) is 35.0 Å². The molecule has 0 radical (unpaired) electrons. The zero-order chi connectivity index (χ0) is 11.5. The molecular formula is C12H13FN2S. The van der Waals surface area contributed by atoms with E-state index in [0.29, 0.717) is 5.69 Å². The maximum atomic E-state index is 12.9. The third kappa shape index (κ3) is 2.33. The van der Waals surface area contributed by atoms with Crippen molar-refractivity contribution in [2.24, 2.45) is 0 Å². The summed E-state index contributed by atoms with van der Waals surface area (Å²) in [6.07, 6.45) is 0. The summed E-state index contributed by atoms with van der Waals surface area (Å²) in [7, 11) is 0. The Kier molecular flexibility index (Phi) is 3.10. The second-order valence-electron chi connectivity index (χ2n) is 3.65. The Bertz CT molecular complexity index is 468. The Labute approximate surface area is 97.9 Å². The third-order valence-corrected chi connectivity index (χ3v) is 3.13. The monoisotopic (exact) mass is 236 g/mol. The molecule has 3 N–H and O–H groups in total. The average Bonchev–Trinajstić information content (AvgIpc) is 2.75. The molecule has 1 aromatic heterocycles. The van der Waals surface area contributed by atoms with Crippen molar-refractivity contribution in [3.05, 3.63) is 46.4 Å². The number of halogens is 1. The smallest absolute Gasteiger partial charge is 0.125 e. The van der Waals surface area contributed by atoms with Gasteiger partial charge in [-0.3, -0.25) is 0 Å². The Hall–Kier alpha value is -1.55. The molecule has 2 nitrogen and oxygen atoms in total. The van der Waals surface area contributed by atoms with Gasteiger partial charge in [0.25, 0.3) is 0 Å². The molecule has 2 aromatic rings. The number of rotatable bonds is 3. The highest BCUT2D eigenvalue weighted by molar-refractivity contribution is 7.07. The summed E-state index contributed by atoms with van der Waals surface area (Å²) >= 11 is 1.65. The van der Waals surface area contributed by atoms with Crippen LogP contribution < -0.4 is 11.1 Å². The fourth-order valence-electron chi connectivity index (χ4n) is 1.50. The second kappa shape index (κ2) is 4.53. The average molecular weight is 236 g/mol. The van der Waals surface area contributed by atoms with Gasteiger partial charge in [0, 0.05) is 6.04 Å². The van der Waals surface area contributed by atoms with E-state index in [4.69, 9.17) is 5.73 Å². The van der Waals surface area contributed by atoms with Crippen LogP contribution in [0, 0.1) is 5.82 Å². The number of thiophene rings is 1. The lowest BCUT2D eigenvalue weighted by Gasteiger charge is -2.15. The summed E-state index contributed by atoms with van der Waals surface area (Å²) in [5, 5.41) is 7.36. The fourth-order valence-corrected chi connectivity index (χ4v) is 2.26. The predicted octanol–water partition coefficient (Wildman–Crippen LogP) is 3.64. The van der Waals surface area contributed by atoms with Gasteiger partial charge in [0.15, 0.2) is 0 Å². The van der Waals surface area contributed by atoms with Crippen LogP contribution in [0.3, 0.4) is 0 Å². The van der Waals surface area contributed by atoms with E-state index >= 15 is 0 Å². The highest BCUT2D eigenvalue weighted by Gasteiger charge is 2.07. The first-order valence-corrected chi connectivity index (χ1v) is 5.95. The number of anilines is 2. The summed E-state index contributed by atoms with van der Waals surface area (Å²) in [6, 6.07) is 6.61. The molecule has 0 bridgehead atoms. The summed E-state index contributed by atoms with van der Waals surface area (Å²) in [5.41, 5.74) is 8.12. The maximum Gasteiger partial charge on any atom is 0.125 e. The number of nitrogens with two attached hydrogens (primary N) is 1. The van der Waals surface area contributed by atoms with E-state index < -0.39 is 0 Å². The molecule has 1 aromatic carbocycles. The molecule has 2 rings (SSSR count). The van der Waals surface area contributed by atoms with Crippen molar-refractivity contribution >= 4 is 22.7 Å². The normalized spacial score (nSPS) is 12.4. The Balaban J connectivity index is 2.15. The Morgan fingerprint density at radius 1 is 1.38 bits per heavy atom. The topological polar surface area (TPSA) is 38.0 Å². The van der Waals surface area contributed by atoms with E-state index in [-0.39, 0.29) is 11.9 Å². The van der Waals surface area contributed by atoms with E-state index in [9.17, 15) is 4.39 Å². The van der Waals surface area contributed by atoms with E-state index in [1.807, 2.05) is 12.3 Å². The molecule has 0 spiro atoms. The van der Waals surface area contributed by atoms with Crippen molar-refractivity contribution < 1.29 is 4.39 Å². The molecule has 4 heteroatoms. The first-order chi connectivity index (χ1) is 7.66. The van der Waals surface area contributed by atoms with E-state index in [2.05, 4.69) is 16.8 Å². The van der Waals surface area contributed by atoms with Gasteiger partial charge in [-0.15, -0.1) is 0 Å². The molecule has 16 heavy (non-hydrogen) atoms. The molecule has 0 saturated carbocycles. The van der Waals surface area contributed by atoms with Crippen molar-refractivity contribution in [3.8, 4) is 0 Å². The molecule has 0 aliphatic rings. The van der Waals surface area contributed by atoms with Gasteiger partial charge in [0.05, 0.1) is 11.4 Å². The molecular weight excluding hydrogens is 223 g/mol. The second-order valence-corrected chi connectivity index (χ2v) is 4.43. The quantitative estimate of drug-likeness (QED) is 0.798. The van der Waals surface area contributed by atoms with Crippen LogP contribution in [-0.4, -0.2) is 0 Å². The maximum absolute atomic E-state index is 12.9. The van der Waals surface area contributed by atoms with Gasteiger partial charge in [-0.05, 0) is 47.5 Å². The van der Waals surface area contributed by atoms with Gasteiger partial charge in [-0.2, -0.15) is 11.3 Å². The molecule has 0 aliphatic heterocycles. The first-order valence-electron chi connectivity index (χ1n) is 5.00. The van der Waals surface area contributed by atoms with E-state index in [1.54, 1.807) is 17.4 Å². The van der Waals surface area contributed by atoms with Gasteiger partial charge in [-0.25, -0.2) is 4.39 Å². The summed E-state index contributed by atoms with van der Waals surface area (Å²) < 4.78 is 12.9. The number of nitrogen functional groups attached to an aromatic ring is 1. The van der Waals surface area contributed by atoms with Gasteiger partial charge in [-0.1, -0.05) is 0 Å². The SMILES string of the molecule is CC(Nc1ccc(F)cc1N)c1ccsc1. The van der Waals surface area contributed by atoms with Crippen LogP contribution >= 0.6 is 11.3 Å². The molecule has 0 fully saturated rings. The Morgan fingerprint density at radius 2 is 2.19 bits per heavy atom. The van der Waals surface area contributed by atoms with Crippen LogP contribution in [-0.2, 0) is 0 Å². The minimum Gasteiger partial charge on any atom is -0.397 e.